The van der Waals surface area contributed by atoms with Crippen LogP contribution in [0, 0.1) is 29.6 Å². The van der Waals surface area contributed by atoms with E-state index in [2.05, 4.69) is 47.5 Å². The molecule has 32 nitrogen and oxygen atoms in total. The van der Waals surface area contributed by atoms with Gasteiger partial charge in [-0.3, -0.25) is 57.7 Å². The van der Waals surface area contributed by atoms with Crippen molar-refractivity contribution in [2.24, 2.45) is 57.5 Å². The standard InChI is InChI=1S/C58H97N15O17/c1-12-30(10)39-53(85)71-40(31(11)75)52(84)64-24-38(76)69-42(45(78)47(60)79)55(87)68-37(25-74)57(89)90-46(32-17-14-13-15-18-32)43(73-51(83)36(23-28(6)7)66-48(80)33(59)21-26(2)3)56(88)72-41(44(77)29(8)9)54(86)67-35(22-27(4)5)50(82)65-34(49(81)70-39)19-16-20-63-58(61)62/h13-15,17-18,26-31,33-37,39-46,74-75,77-78H,12,16,19-25,59H2,1-11H3,(H2,60,79)(H,64,84)(H,65,82)(H,66,80)(H,67,86)(H,68,87)(H,69,76)(H,70,81)(H,71,85)(H,72,88)(H,73,83)(H4,61,62,63)/t30-,31-,33+,34?,35-,36-,37?,39-,40-,41-,42-,43?,44+,45-,46+/m0/s1. The molecule has 0 spiro atoms. The third-order valence-corrected chi connectivity index (χ3v) is 14.4. The average Bonchev–Trinajstić information content (AvgIpc) is 1.47. The van der Waals surface area contributed by atoms with Gasteiger partial charge in [-0.05, 0) is 74.2 Å². The van der Waals surface area contributed by atoms with E-state index in [4.69, 9.17) is 27.7 Å². The Morgan fingerprint density at radius 3 is 1.72 bits per heavy atom. The summed E-state index contributed by atoms with van der Waals surface area (Å²) in [4.78, 5) is 174. The Labute approximate surface area is 523 Å². The highest BCUT2D eigenvalue weighted by atomic mass is 16.5. The second-order valence-corrected chi connectivity index (χ2v) is 24.1. The van der Waals surface area contributed by atoms with Gasteiger partial charge in [0.2, 0.25) is 65.0 Å². The maximum atomic E-state index is 15.3. The van der Waals surface area contributed by atoms with Crippen molar-refractivity contribution in [1.82, 2.24) is 53.2 Å². The lowest BCUT2D eigenvalue weighted by Crippen LogP contribution is -2.64. The van der Waals surface area contributed by atoms with Gasteiger partial charge in [0.1, 0.15) is 48.3 Å². The predicted octanol–water partition coefficient (Wildman–Crippen LogP) is -5.43. The van der Waals surface area contributed by atoms with Gasteiger partial charge < -0.3 is 101 Å². The van der Waals surface area contributed by atoms with Gasteiger partial charge in [-0.2, -0.15) is 0 Å². The van der Waals surface area contributed by atoms with Crippen LogP contribution < -0.4 is 76.1 Å². The zero-order chi connectivity index (χ0) is 68.4. The second-order valence-electron chi connectivity index (χ2n) is 24.1. The SMILES string of the molecule is CC[C@H](C)[C@@H]1NC(=O)C(CCCN=C(N)N)NC(=O)[C@H](CC(C)C)NC(=O)[C@H]([C@H](O)C(C)C)NC(=O)C(NC(=O)[C@H](CC(C)C)NC(=O)[C@H](N)CC(C)C)[C@@H](c2ccccc2)OC(=O)C(CO)NC(=O)[C@H]([C@H](O)C(N)=O)NC(=O)CNC(=O)[C@H]([C@H](C)O)NC1=O. The van der Waals surface area contributed by atoms with Gasteiger partial charge in [0.25, 0.3) is 0 Å². The molecule has 3 unspecified atom stereocenters. The molecule has 32 heteroatoms. The number of nitrogens with two attached hydrogens (primary N) is 4. The number of aliphatic imine (C=N–C) groups is 1. The molecular weight excluding hydrogens is 1180 g/mol. The van der Waals surface area contributed by atoms with Gasteiger partial charge in [-0.15, -0.1) is 0 Å². The normalized spacial score (nSPS) is 24.7. The van der Waals surface area contributed by atoms with Crippen LogP contribution in [0.3, 0.4) is 0 Å². The molecule has 0 aliphatic carbocycles. The first kappa shape index (κ1) is 78.0. The van der Waals surface area contributed by atoms with E-state index in [1.165, 1.54) is 44.2 Å². The number of rotatable bonds is 23. The molecule has 0 saturated carbocycles. The highest BCUT2D eigenvalue weighted by Gasteiger charge is 2.44. The molecule has 1 aromatic carbocycles. The first-order valence-corrected chi connectivity index (χ1v) is 30.1. The molecule has 11 amide bonds. The lowest BCUT2D eigenvalue weighted by Gasteiger charge is -2.34. The van der Waals surface area contributed by atoms with Crippen LogP contribution in [0.4, 0.5) is 0 Å². The summed E-state index contributed by atoms with van der Waals surface area (Å²) in [6.45, 7) is 15.3. The summed E-state index contributed by atoms with van der Waals surface area (Å²) in [6, 6.07) is -10.7. The summed E-state index contributed by atoms with van der Waals surface area (Å²) in [5, 5.41) is 68.0. The molecule has 22 N–H and O–H groups in total. The van der Waals surface area contributed by atoms with E-state index >= 15 is 4.79 Å². The predicted molar refractivity (Wildman–Crippen MR) is 326 cm³/mol. The summed E-state index contributed by atoms with van der Waals surface area (Å²) in [6.07, 6.45) is -8.04. The highest BCUT2D eigenvalue weighted by molar-refractivity contribution is 6.00. The molecule has 0 radical (unpaired) electrons. The number of esters is 1. The largest absolute Gasteiger partial charge is 0.453 e. The molecule has 1 fully saturated rings. The van der Waals surface area contributed by atoms with Crippen LogP contribution >= 0.6 is 0 Å². The van der Waals surface area contributed by atoms with Crippen molar-refractivity contribution >= 4 is 76.9 Å². The topological polar surface area (TPSA) is 532 Å². The number of amides is 11. The van der Waals surface area contributed by atoms with Crippen LogP contribution in [-0.2, 0) is 62.3 Å². The number of nitrogens with one attached hydrogen (secondary N) is 10. The van der Waals surface area contributed by atoms with Crippen molar-refractivity contribution in [3.05, 3.63) is 35.9 Å². The fraction of sp³-hybridized carbons (Fsp3) is 0.672. The van der Waals surface area contributed by atoms with Crippen LogP contribution in [0.2, 0.25) is 0 Å². The van der Waals surface area contributed by atoms with E-state index in [9.17, 15) is 73.2 Å². The minimum Gasteiger partial charge on any atom is -0.453 e. The van der Waals surface area contributed by atoms with Gasteiger partial charge in [-0.25, -0.2) is 4.79 Å². The number of benzene rings is 1. The van der Waals surface area contributed by atoms with Crippen LogP contribution in [0.25, 0.3) is 0 Å². The van der Waals surface area contributed by atoms with E-state index in [0.29, 0.717) is 0 Å². The average molecular weight is 1280 g/mol. The first-order valence-electron chi connectivity index (χ1n) is 30.1. The number of aliphatic hydroxyl groups is 4. The summed E-state index contributed by atoms with van der Waals surface area (Å²) in [5.74, 6) is -17.2. The zero-order valence-corrected chi connectivity index (χ0v) is 53.1. The number of guanidine groups is 1. The Morgan fingerprint density at radius 2 is 1.19 bits per heavy atom. The fourth-order valence-electron chi connectivity index (χ4n) is 9.25. The number of ether oxygens (including phenoxy) is 1. The molecule has 1 heterocycles. The van der Waals surface area contributed by atoms with Crippen molar-refractivity contribution < 1.29 is 82.7 Å². The van der Waals surface area contributed by atoms with Crippen LogP contribution in [0.15, 0.2) is 35.3 Å². The molecule has 1 aromatic rings. The Hall–Kier alpha value is -8.07. The number of hydrogen-bond donors (Lipinski definition) is 18. The van der Waals surface area contributed by atoms with Crippen molar-refractivity contribution in [3.63, 3.8) is 0 Å². The van der Waals surface area contributed by atoms with Gasteiger partial charge in [0, 0.05) is 6.54 Å². The number of hydrogen-bond acceptors (Lipinski definition) is 19. The number of carbonyl (C=O) groups is 12. The first-order chi connectivity index (χ1) is 42.0. The van der Waals surface area contributed by atoms with Gasteiger partial charge in [0.05, 0.1) is 31.4 Å². The molecule has 2 rings (SSSR count). The Balaban J connectivity index is 3.13. The van der Waals surface area contributed by atoms with E-state index < -0.39 is 181 Å². The molecule has 15 atom stereocenters. The number of carbonyl (C=O) groups excluding carboxylic acids is 12. The lowest BCUT2D eigenvalue weighted by molar-refractivity contribution is -0.159. The minimum atomic E-state index is -2.57. The van der Waals surface area contributed by atoms with E-state index in [1.807, 2.05) is 24.5 Å². The molecule has 506 valence electrons. The third kappa shape index (κ3) is 25.4. The minimum absolute atomic E-state index is 0.0466. The summed E-state index contributed by atoms with van der Waals surface area (Å²) in [5.41, 5.74) is 22.6. The van der Waals surface area contributed by atoms with Crippen molar-refractivity contribution in [2.45, 2.75) is 200 Å². The Bertz CT molecular complexity index is 2640. The van der Waals surface area contributed by atoms with Crippen LogP contribution in [0.1, 0.15) is 126 Å². The molecule has 1 aliphatic heterocycles. The smallest absolute Gasteiger partial charge is 0.331 e. The van der Waals surface area contributed by atoms with Crippen molar-refractivity contribution in [2.75, 3.05) is 19.7 Å². The molecule has 1 saturated heterocycles. The maximum Gasteiger partial charge on any atom is 0.331 e. The zero-order valence-electron chi connectivity index (χ0n) is 53.1. The van der Waals surface area contributed by atoms with Gasteiger partial charge in [0.15, 0.2) is 24.2 Å². The van der Waals surface area contributed by atoms with Crippen LogP contribution in [0.5, 0.6) is 0 Å². The molecular formula is C58H97N15O17. The summed E-state index contributed by atoms with van der Waals surface area (Å²) in [7, 11) is 0. The van der Waals surface area contributed by atoms with E-state index in [0.717, 1.165) is 6.92 Å². The van der Waals surface area contributed by atoms with E-state index in [1.54, 1.807) is 41.5 Å². The van der Waals surface area contributed by atoms with Gasteiger partial charge >= 0.3 is 5.97 Å². The molecule has 1 aliphatic rings. The number of aliphatic hydroxyl groups excluding tert-OH is 4. The summed E-state index contributed by atoms with van der Waals surface area (Å²) >= 11 is 0. The highest BCUT2D eigenvalue weighted by Crippen LogP contribution is 2.25. The second kappa shape index (κ2) is 37.8. The third-order valence-electron chi connectivity index (χ3n) is 14.4. The lowest BCUT2D eigenvalue weighted by atomic mass is 9.95. The Morgan fingerprint density at radius 1 is 0.644 bits per heavy atom. The van der Waals surface area contributed by atoms with Gasteiger partial charge in [-0.1, -0.05) is 106 Å². The number of cyclic esters (lactones) is 1. The van der Waals surface area contributed by atoms with Crippen molar-refractivity contribution in [1.29, 1.82) is 0 Å². The molecule has 90 heavy (non-hydrogen) atoms. The summed E-state index contributed by atoms with van der Waals surface area (Å²) < 4.78 is 5.92. The number of primary amides is 1. The van der Waals surface area contributed by atoms with E-state index in [-0.39, 0.29) is 74.3 Å². The number of nitrogens with zero attached hydrogens (tertiary/aromatic N) is 1. The fourth-order valence-corrected chi connectivity index (χ4v) is 9.25. The molecule has 0 aromatic heterocycles. The molecule has 0 bridgehead atoms. The van der Waals surface area contributed by atoms with Crippen LogP contribution in [-0.4, -0.2) is 196 Å². The monoisotopic (exact) mass is 1280 g/mol. The maximum absolute atomic E-state index is 15.3. The Kier molecular flexibility index (Phi) is 32.8. The van der Waals surface area contributed by atoms with Crippen molar-refractivity contribution in [3.8, 4) is 0 Å². The quantitative estimate of drug-likeness (QED) is 0.0210.